The van der Waals surface area contributed by atoms with Crippen LogP contribution in [-0.4, -0.2) is 27.3 Å². The molecular formula is C13H18BrNO2. The first-order valence-electron chi connectivity index (χ1n) is 5.88. The van der Waals surface area contributed by atoms with Gasteiger partial charge in [-0.1, -0.05) is 15.9 Å². The van der Waals surface area contributed by atoms with E-state index in [2.05, 4.69) is 27.3 Å². The zero-order valence-corrected chi connectivity index (χ0v) is 11.8. The Hall–Kier alpha value is -0.740. The van der Waals surface area contributed by atoms with E-state index in [-0.39, 0.29) is 0 Å². The van der Waals surface area contributed by atoms with Crippen LogP contribution in [0.5, 0.6) is 11.5 Å². The highest BCUT2D eigenvalue weighted by Crippen LogP contribution is 2.39. The standard InChI is InChI=1S/C13H18BrNO2/c1-16-12-7-10(9-3-5-15-6-4-9)11(14)8-13(12)17-2/h7-9,15H,3-6H2,1-2H3. The monoisotopic (exact) mass is 299 g/mol. The molecule has 3 nitrogen and oxygen atoms in total. The topological polar surface area (TPSA) is 30.5 Å². The second-order valence-corrected chi connectivity index (χ2v) is 5.11. The SMILES string of the molecule is COc1cc(Br)c(C2CCNCC2)cc1OC. The van der Waals surface area contributed by atoms with E-state index in [4.69, 9.17) is 9.47 Å². The number of halogens is 1. The fraction of sp³-hybridized carbons (Fsp3) is 0.538. The Kier molecular flexibility index (Phi) is 4.29. The van der Waals surface area contributed by atoms with Gasteiger partial charge >= 0.3 is 0 Å². The third-order valence-electron chi connectivity index (χ3n) is 3.28. The van der Waals surface area contributed by atoms with Crippen LogP contribution in [0.4, 0.5) is 0 Å². The van der Waals surface area contributed by atoms with Crippen LogP contribution in [0, 0.1) is 0 Å². The van der Waals surface area contributed by atoms with Crippen LogP contribution in [0.3, 0.4) is 0 Å². The average Bonchev–Trinajstić information content (AvgIpc) is 2.39. The first kappa shape index (κ1) is 12.7. The lowest BCUT2D eigenvalue weighted by Crippen LogP contribution is -2.26. The summed E-state index contributed by atoms with van der Waals surface area (Å²) >= 11 is 3.63. The van der Waals surface area contributed by atoms with E-state index in [1.807, 2.05) is 6.07 Å². The molecule has 0 aromatic heterocycles. The predicted octanol–water partition coefficient (Wildman–Crippen LogP) is 2.93. The van der Waals surface area contributed by atoms with Gasteiger partial charge in [0.25, 0.3) is 0 Å². The van der Waals surface area contributed by atoms with Gasteiger partial charge in [-0.25, -0.2) is 0 Å². The quantitative estimate of drug-likeness (QED) is 0.931. The van der Waals surface area contributed by atoms with Crippen LogP contribution in [-0.2, 0) is 0 Å². The molecule has 0 bridgehead atoms. The van der Waals surface area contributed by atoms with E-state index < -0.39 is 0 Å². The van der Waals surface area contributed by atoms with Gasteiger partial charge in [0.2, 0.25) is 0 Å². The number of piperidine rings is 1. The number of hydrogen-bond donors (Lipinski definition) is 1. The van der Waals surface area contributed by atoms with Crippen LogP contribution in [0.25, 0.3) is 0 Å². The Morgan fingerprint density at radius 2 is 1.71 bits per heavy atom. The molecule has 1 heterocycles. The van der Waals surface area contributed by atoms with Crippen molar-refractivity contribution in [3.05, 3.63) is 22.2 Å². The molecule has 1 N–H and O–H groups in total. The summed E-state index contributed by atoms with van der Waals surface area (Å²) in [4.78, 5) is 0. The zero-order chi connectivity index (χ0) is 12.3. The van der Waals surface area contributed by atoms with Gasteiger partial charge in [-0.2, -0.15) is 0 Å². The molecule has 1 aromatic rings. The lowest BCUT2D eigenvalue weighted by Gasteiger charge is -2.24. The molecule has 1 saturated heterocycles. The highest BCUT2D eigenvalue weighted by molar-refractivity contribution is 9.10. The van der Waals surface area contributed by atoms with Crippen LogP contribution >= 0.6 is 15.9 Å². The lowest BCUT2D eigenvalue weighted by molar-refractivity contribution is 0.353. The molecule has 1 aliphatic rings. The number of nitrogens with one attached hydrogen (secondary N) is 1. The van der Waals surface area contributed by atoms with Gasteiger partial charge in [0.1, 0.15) is 0 Å². The van der Waals surface area contributed by atoms with Gasteiger partial charge in [0.05, 0.1) is 14.2 Å². The van der Waals surface area contributed by atoms with E-state index in [0.29, 0.717) is 5.92 Å². The smallest absolute Gasteiger partial charge is 0.161 e. The van der Waals surface area contributed by atoms with E-state index in [9.17, 15) is 0 Å². The van der Waals surface area contributed by atoms with E-state index in [0.717, 1.165) is 29.1 Å². The molecule has 1 fully saturated rings. The molecule has 1 aromatic carbocycles. The van der Waals surface area contributed by atoms with Crippen molar-refractivity contribution < 1.29 is 9.47 Å². The Balaban J connectivity index is 2.32. The van der Waals surface area contributed by atoms with Gasteiger partial charge in [-0.15, -0.1) is 0 Å². The summed E-state index contributed by atoms with van der Waals surface area (Å²) in [6, 6.07) is 4.09. The summed E-state index contributed by atoms with van der Waals surface area (Å²) in [7, 11) is 3.34. The molecule has 0 atom stereocenters. The molecular weight excluding hydrogens is 282 g/mol. The van der Waals surface area contributed by atoms with Crippen molar-refractivity contribution in [3.8, 4) is 11.5 Å². The molecule has 17 heavy (non-hydrogen) atoms. The Labute approximate surface area is 111 Å². The van der Waals surface area contributed by atoms with Gasteiger partial charge in [0.15, 0.2) is 11.5 Å². The van der Waals surface area contributed by atoms with Crippen molar-refractivity contribution >= 4 is 15.9 Å². The fourth-order valence-electron chi connectivity index (χ4n) is 2.32. The third kappa shape index (κ3) is 2.75. The second-order valence-electron chi connectivity index (χ2n) is 4.25. The number of methoxy groups -OCH3 is 2. The van der Waals surface area contributed by atoms with Crippen molar-refractivity contribution in [3.63, 3.8) is 0 Å². The normalized spacial score (nSPS) is 16.9. The van der Waals surface area contributed by atoms with Gasteiger partial charge in [-0.05, 0) is 49.5 Å². The summed E-state index contributed by atoms with van der Waals surface area (Å²) in [5.74, 6) is 2.19. The largest absolute Gasteiger partial charge is 0.493 e. The molecule has 0 radical (unpaired) electrons. The number of rotatable bonds is 3. The molecule has 0 spiro atoms. The second kappa shape index (κ2) is 5.74. The number of hydrogen-bond acceptors (Lipinski definition) is 3. The molecule has 0 saturated carbocycles. The summed E-state index contributed by atoms with van der Waals surface area (Å²) < 4.78 is 11.8. The van der Waals surface area contributed by atoms with Crippen molar-refractivity contribution in [2.75, 3.05) is 27.3 Å². The predicted molar refractivity (Wildman–Crippen MR) is 72.1 cm³/mol. The minimum absolute atomic E-state index is 0.602. The molecule has 2 rings (SSSR count). The Morgan fingerprint density at radius 1 is 1.12 bits per heavy atom. The molecule has 1 aliphatic heterocycles. The first-order valence-corrected chi connectivity index (χ1v) is 6.67. The molecule has 94 valence electrons. The van der Waals surface area contributed by atoms with Crippen molar-refractivity contribution in [2.45, 2.75) is 18.8 Å². The highest BCUT2D eigenvalue weighted by atomic mass is 79.9. The summed E-state index contributed by atoms with van der Waals surface area (Å²) in [5.41, 5.74) is 1.32. The van der Waals surface area contributed by atoms with E-state index in [1.54, 1.807) is 14.2 Å². The maximum absolute atomic E-state index is 5.36. The average molecular weight is 300 g/mol. The Bertz CT molecular complexity index is 389. The lowest BCUT2D eigenvalue weighted by atomic mass is 9.90. The molecule has 0 amide bonds. The first-order chi connectivity index (χ1) is 8.26. The minimum atomic E-state index is 0.602. The molecule has 0 aliphatic carbocycles. The van der Waals surface area contributed by atoms with Gasteiger partial charge < -0.3 is 14.8 Å². The zero-order valence-electron chi connectivity index (χ0n) is 10.3. The molecule has 0 unspecified atom stereocenters. The van der Waals surface area contributed by atoms with Crippen LogP contribution in [0.15, 0.2) is 16.6 Å². The summed E-state index contributed by atoms with van der Waals surface area (Å²) in [6.07, 6.45) is 2.35. The number of benzene rings is 1. The van der Waals surface area contributed by atoms with Crippen molar-refractivity contribution in [1.82, 2.24) is 5.32 Å². The van der Waals surface area contributed by atoms with Crippen LogP contribution < -0.4 is 14.8 Å². The minimum Gasteiger partial charge on any atom is -0.493 e. The van der Waals surface area contributed by atoms with Crippen molar-refractivity contribution in [1.29, 1.82) is 0 Å². The summed E-state index contributed by atoms with van der Waals surface area (Å²) in [6.45, 7) is 2.18. The van der Waals surface area contributed by atoms with Gasteiger partial charge in [0, 0.05) is 4.47 Å². The van der Waals surface area contributed by atoms with E-state index >= 15 is 0 Å². The van der Waals surface area contributed by atoms with Crippen LogP contribution in [0.1, 0.15) is 24.3 Å². The maximum atomic E-state index is 5.36. The fourth-order valence-corrected chi connectivity index (χ4v) is 2.96. The Morgan fingerprint density at radius 3 is 2.29 bits per heavy atom. The van der Waals surface area contributed by atoms with E-state index in [1.165, 1.54) is 18.4 Å². The highest BCUT2D eigenvalue weighted by Gasteiger charge is 2.20. The number of ether oxygens (including phenoxy) is 2. The van der Waals surface area contributed by atoms with Gasteiger partial charge in [-0.3, -0.25) is 0 Å². The summed E-state index contributed by atoms with van der Waals surface area (Å²) in [5, 5.41) is 3.38. The molecule has 4 heteroatoms. The third-order valence-corrected chi connectivity index (χ3v) is 3.97. The maximum Gasteiger partial charge on any atom is 0.161 e. The van der Waals surface area contributed by atoms with Crippen molar-refractivity contribution in [2.24, 2.45) is 0 Å². The van der Waals surface area contributed by atoms with Crippen LogP contribution in [0.2, 0.25) is 0 Å².